The fraction of sp³-hybridized carbons (Fsp3) is 0.286. The third-order valence-corrected chi connectivity index (χ3v) is 2.70. The molecule has 1 heterocycles. The highest BCUT2D eigenvalue weighted by Gasteiger charge is 2.52. The summed E-state index contributed by atoms with van der Waals surface area (Å²) in [6.07, 6.45) is 1.01. The molecule has 90 valence electrons. The van der Waals surface area contributed by atoms with Crippen molar-refractivity contribution in [3.63, 3.8) is 0 Å². The minimum atomic E-state index is -5.68. The first kappa shape index (κ1) is 13.0. The van der Waals surface area contributed by atoms with Crippen LogP contribution >= 0.6 is 11.6 Å². The van der Waals surface area contributed by atoms with Crippen LogP contribution in [-0.4, -0.2) is 13.9 Å². The van der Waals surface area contributed by atoms with Crippen molar-refractivity contribution in [2.75, 3.05) is 0 Å². The lowest BCUT2D eigenvalue weighted by atomic mass is 10.4. The maximum atomic E-state index is 12.0. The van der Waals surface area contributed by atoms with Crippen LogP contribution in [0.3, 0.4) is 0 Å². The van der Waals surface area contributed by atoms with Gasteiger partial charge in [-0.05, 0) is 6.07 Å². The fourth-order valence-electron chi connectivity index (χ4n) is 0.788. The van der Waals surface area contributed by atoms with Gasteiger partial charge in [0.05, 0.1) is 0 Å². The molecule has 0 fully saturated rings. The van der Waals surface area contributed by atoms with E-state index in [0.717, 1.165) is 6.20 Å². The summed E-state index contributed by atoms with van der Waals surface area (Å²) in [6.45, 7) is 0. The zero-order valence-corrected chi connectivity index (χ0v) is 9.18. The molecule has 0 radical (unpaired) electrons. The number of alkyl halides is 4. The van der Waals surface area contributed by atoms with E-state index < -0.39 is 15.6 Å². The second-order valence-electron chi connectivity index (χ2n) is 2.63. The number of rotatable bonds is 3. The van der Waals surface area contributed by atoms with Gasteiger partial charge < -0.3 is 0 Å². The largest absolute Gasteiger partial charge is 0.540 e. The van der Waals surface area contributed by atoms with Gasteiger partial charge in [0, 0.05) is 16.9 Å². The first-order valence-electron chi connectivity index (χ1n) is 3.84. The van der Waals surface area contributed by atoms with Crippen molar-refractivity contribution in [1.82, 2.24) is 0 Å². The SMILES string of the molecule is O=S(=O)(O[n+]1ccccc1CCl)C(F)(F)F. The highest BCUT2D eigenvalue weighted by atomic mass is 35.5. The molecule has 4 nitrogen and oxygen atoms in total. The zero-order chi connectivity index (χ0) is 12.4. The third-order valence-electron chi connectivity index (χ3n) is 1.50. The maximum absolute atomic E-state index is 12.0. The molecule has 0 aliphatic heterocycles. The number of hydrogen-bond acceptors (Lipinski definition) is 3. The highest BCUT2D eigenvalue weighted by molar-refractivity contribution is 7.87. The molecule has 0 amide bonds. The second-order valence-corrected chi connectivity index (χ2v) is 4.41. The van der Waals surface area contributed by atoms with E-state index in [1.54, 1.807) is 0 Å². The van der Waals surface area contributed by atoms with Gasteiger partial charge in [0.2, 0.25) is 6.20 Å². The summed E-state index contributed by atoms with van der Waals surface area (Å²) in [5.74, 6) is -0.186. The lowest BCUT2D eigenvalue weighted by molar-refractivity contribution is -0.861. The fourth-order valence-corrected chi connectivity index (χ4v) is 1.44. The van der Waals surface area contributed by atoms with Crippen LogP contribution in [0, 0.1) is 0 Å². The van der Waals surface area contributed by atoms with Crippen molar-refractivity contribution in [2.45, 2.75) is 11.4 Å². The van der Waals surface area contributed by atoms with E-state index in [9.17, 15) is 21.6 Å². The average Bonchev–Trinajstić information content (AvgIpc) is 2.16. The Hall–Kier alpha value is -1.02. The Balaban J connectivity index is 3.06. The topological polar surface area (TPSA) is 47.3 Å². The molecule has 0 aliphatic carbocycles. The molecule has 16 heavy (non-hydrogen) atoms. The summed E-state index contributed by atoms with van der Waals surface area (Å²) in [5, 5.41) is 0. The van der Waals surface area contributed by atoms with Crippen LogP contribution in [-0.2, 0) is 16.0 Å². The molecular weight excluding hydrogens is 271 g/mol. The van der Waals surface area contributed by atoms with Crippen LogP contribution in [0.5, 0.6) is 0 Å². The van der Waals surface area contributed by atoms with E-state index in [1.165, 1.54) is 18.2 Å². The molecular formula is C7H6ClF3NO3S+. The van der Waals surface area contributed by atoms with Crippen molar-refractivity contribution >= 4 is 21.7 Å². The van der Waals surface area contributed by atoms with Crippen molar-refractivity contribution in [1.29, 1.82) is 0 Å². The van der Waals surface area contributed by atoms with Gasteiger partial charge in [-0.15, -0.1) is 15.9 Å². The molecule has 1 rings (SSSR count). The van der Waals surface area contributed by atoms with E-state index in [-0.39, 0.29) is 11.6 Å². The number of nitrogens with zero attached hydrogens (tertiary/aromatic N) is 1. The zero-order valence-electron chi connectivity index (χ0n) is 7.61. The summed E-state index contributed by atoms with van der Waals surface area (Å²) in [4.78, 5) is 0. The lowest BCUT2D eigenvalue weighted by Gasteiger charge is -2.04. The smallest absolute Gasteiger partial charge is 0.171 e. The van der Waals surface area contributed by atoms with Gasteiger partial charge in [0.15, 0.2) is 0 Å². The Kier molecular flexibility index (Phi) is 3.64. The molecule has 1 aromatic heterocycles. The van der Waals surface area contributed by atoms with Crippen molar-refractivity contribution in [3.05, 3.63) is 30.1 Å². The standard InChI is InChI=1S/C7H6ClF3NO3S/c8-5-6-3-1-2-4-12(6)15-16(13,14)7(9,10)11/h1-4H,5H2/q+1. The number of aromatic nitrogens is 1. The predicted octanol–water partition coefficient (Wildman–Crippen LogP) is 0.991. The second kappa shape index (κ2) is 4.46. The lowest BCUT2D eigenvalue weighted by Crippen LogP contribution is -2.51. The van der Waals surface area contributed by atoms with Crippen LogP contribution in [0.1, 0.15) is 5.69 Å². The van der Waals surface area contributed by atoms with Crippen LogP contribution in [0.25, 0.3) is 0 Å². The number of hydrogen-bond donors (Lipinski definition) is 0. The molecule has 0 saturated heterocycles. The summed E-state index contributed by atoms with van der Waals surface area (Å²) in [7, 11) is -5.68. The molecule has 0 atom stereocenters. The van der Waals surface area contributed by atoms with E-state index >= 15 is 0 Å². The van der Waals surface area contributed by atoms with Gasteiger partial charge in [-0.2, -0.15) is 21.6 Å². The Morgan fingerprint density at radius 1 is 1.38 bits per heavy atom. The minimum Gasteiger partial charge on any atom is -0.171 e. The van der Waals surface area contributed by atoms with Crippen molar-refractivity contribution in [3.8, 4) is 0 Å². The number of halogens is 4. The van der Waals surface area contributed by atoms with Crippen LogP contribution in [0.4, 0.5) is 13.2 Å². The van der Waals surface area contributed by atoms with Crippen LogP contribution < -0.4 is 9.01 Å². The molecule has 1 aromatic rings. The predicted molar refractivity (Wildman–Crippen MR) is 47.7 cm³/mol. The minimum absolute atomic E-state index is 0.0805. The van der Waals surface area contributed by atoms with Gasteiger partial charge in [-0.1, -0.05) is 0 Å². The molecule has 0 spiro atoms. The summed E-state index contributed by atoms with van der Waals surface area (Å²) in [6, 6.07) is 4.12. The van der Waals surface area contributed by atoms with Crippen LogP contribution in [0.2, 0.25) is 0 Å². The maximum Gasteiger partial charge on any atom is 0.540 e. The van der Waals surface area contributed by atoms with Gasteiger partial charge in [0.25, 0.3) is 5.69 Å². The molecule has 9 heteroatoms. The number of pyridine rings is 1. The summed E-state index contributed by atoms with van der Waals surface area (Å²) >= 11 is 5.40. The Bertz CT molecular complexity index is 474. The van der Waals surface area contributed by atoms with Gasteiger partial charge in [-0.3, -0.25) is 0 Å². The summed E-state index contributed by atoms with van der Waals surface area (Å²) in [5.41, 5.74) is -5.39. The van der Waals surface area contributed by atoms with E-state index in [0.29, 0.717) is 4.73 Å². The first-order chi connectivity index (χ1) is 7.28. The Morgan fingerprint density at radius 2 is 2.00 bits per heavy atom. The molecule has 0 bridgehead atoms. The van der Waals surface area contributed by atoms with Gasteiger partial charge >= 0.3 is 15.6 Å². The van der Waals surface area contributed by atoms with E-state index in [2.05, 4.69) is 4.28 Å². The molecule has 0 unspecified atom stereocenters. The Morgan fingerprint density at radius 3 is 2.50 bits per heavy atom. The average molecular weight is 277 g/mol. The molecule has 0 aromatic carbocycles. The Labute approximate surface area is 94.3 Å². The van der Waals surface area contributed by atoms with Crippen molar-refractivity contribution < 1.29 is 30.6 Å². The first-order valence-corrected chi connectivity index (χ1v) is 5.79. The van der Waals surface area contributed by atoms with Crippen molar-refractivity contribution in [2.24, 2.45) is 0 Å². The summed E-state index contributed by atoms with van der Waals surface area (Å²) < 4.78 is 61.7. The molecule has 0 aliphatic rings. The van der Waals surface area contributed by atoms with Gasteiger partial charge in [-0.25, -0.2) is 0 Å². The van der Waals surface area contributed by atoms with Crippen LogP contribution in [0.15, 0.2) is 24.4 Å². The van der Waals surface area contributed by atoms with E-state index in [1.807, 2.05) is 0 Å². The normalized spacial score (nSPS) is 12.5. The molecule has 0 N–H and O–H groups in total. The highest BCUT2D eigenvalue weighted by Crippen LogP contribution is 2.21. The molecule has 0 saturated carbocycles. The van der Waals surface area contributed by atoms with Gasteiger partial charge in [0.1, 0.15) is 5.88 Å². The third kappa shape index (κ3) is 2.76. The quantitative estimate of drug-likeness (QED) is 0.470. The monoisotopic (exact) mass is 276 g/mol. The van der Waals surface area contributed by atoms with E-state index in [4.69, 9.17) is 11.6 Å².